The highest BCUT2D eigenvalue weighted by molar-refractivity contribution is 5.67. The van der Waals surface area contributed by atoms with Gasteiger partial charge >= 0.3 is 5.97 Å². The molecule has 0 saturated carbocycles. The van der Waals surface area contributed by atoms with Crippen molar-refractivity contribution in [3.05, 3.63) is 29.3 Å². The van der Waals surface area contributed by atoms with Crippen molar-refractivity contribution in [2.24, 2.45) is 0 Å². The first-order valence-electron chi connectivity index (χ1n) is 4.32. The Balaban J connectivity index is 2.77. The first-order valence-corrected chi connectivity index (χ1v) is 4.32. The molecule has 1 aromatic carbocycles. The van der Waals surface area contributed by atoms with Gasteiger partial charge in [0, 0.05) is 6.42 Å². The maximum Gasteiger partial charge on any atom is 0.303 e. The van der Waals surface area contributed by atoms with Crippen LogP contribution < -0.4 is 0 Å². The molecule has 1 aromatic rings. The van der Waals surface area contributed by atoms with E-state index in [9.17, 15) is 18.7 Å². The predicted octanol–water partition coefficient (Wildman–Crippen LogP) is 2.35. The van der Waals surface area contributed by atoms with Crippen molar-refractivity contribution in [1.82, 2.24) is 0 Å². The third kappa shape index (κ3) is 3.19. The number of aliphatic carboxylic acids is 1. The molecular weight excluding hydrogens is 206 g/mol. The first-order chi connectivity index (χ1) is 7.00. The number of phenols is 1. The van der Waals surface area contributed by atoms with E-state index in [2.05, 4.69) is 0 Å². The molecule has 0 radical (unpaired) electrons. The highest BCUT2D eigenvalue weighted by atomic mass is 19.3. The lowest BCUT2D eigenvalue weighted by Crippen LogP contribution is -1.97. The van der Waals surface area contributed by atoms with E-state index in [1.54, 1.807) is 0 Å². The largest absolute Gasteiger partial charge is 0.507 e. The summed E-state index contributed by atoms with van der Waals surface area (Å²) in [6.07, 6.45) is -2.60. The molecule has 0 heterocycles. The van der Waals surface area contributed by atoms with Crippen LogP contribution in [0.25, 0.3) is 0 Å². The standard InChI is InChI=1S/C10H10F2O3/c11-10(12)7-3-1-6(5-8(7)13)2-4-9(14)15/h1,3,5,10,13H,2,4H2,(H,14,15). The fourth-order valence-electron chi connectivity index (χ4n) is 1.18. The monoisotopic (exact) mass is 216 g/mol. The van der Waals surface area contributed by atoms with E-state index in [0.717, 1.165) is 6.07 Å². The van der Waals surface area contributed by atoms with Crippen LogP contribution in [0.2, 0.25) is 0 Å². The van der Waals surface area contributed by atoms with Crippen molar-refractivity contribution in [3.8, 4) is 5.75 Å². The van der Waals surface area contributed by atoms with Crippen LogP contribution in [0, 0.1) is 0 Å². The Morgan fingerprint density at radius 2 is 2.07 bits per heavy atom. The lowest BCUT2D eigenvalue weighted by molar-refractivity contribution is -0.136. The zero-order valence-electron chi connectivity index (χ0n) is 7.78. The Kier molecular flexibility index (Phi) is 3.60. The Bertz CT molecular complexity index is 364. The summed E-state index contributed by atoms with van der Waals surface area (Å²) in [5.41, 5.74) is 0.0911. The van der Waals surface area contributed by atoms with Crippen LogP contribution in [0.1, 0.15) is 24.0 Å². The normalized spacial score (nSPS) is 10.6. The summed E-state index contributed by atoms with van der Waals surface area (Å²) in [4.78, 5) is 10.3. The van der Waals surface area contributed by atoms with Crippen LogP contribution in [0.4, 0.5) is 8.78 Å². The third-order valence-electron chi connectivity index (χ3n) is 1.96. The highest BCUT2D eigenvalue weighted by Crippen LogP contribution is 2.28. The summed E-state index contributed by atoms with van der Waals surface area (Å²) in [7, 11) is 0. The second-order valence-electron chi connectivity index (χ2n) is 3.09. The van der Waals surface area contributed by atoms with Crippen molar-refractivity contribution in [2.75, 3.05) is 0 Å². The summed E-state index contributed by atoms with van der Waals surface area (Å²) in [6.45, 7) is 0. The second-order valence-corrected chi connectivity index (χ2v) is 3.09. The van der Waals surface area contributed by atoms with E-state index in [1.165, 1.54) is 12.1 Å². The maximum atomic E-state index is 12.2. The van der Waals surface area contributed by atoms with E-state index < -0.39 is 23.7 Å². The van der Waals surface area contributed by atoms with Gasteiger partial charge in [-0.15, -0.1) is 0 Å². The van der Waals surface area contributed by atoms with Crippen LogP contribution in [0.15, 0.2) is 18.2 Å². The number of alkyl halides is 2. The number of benzene rings is 1. The number of phenolic OH excluding ortho intramolecular Hbond substituents is 1. The van der Waals surface area contributed by atoms with E-state index in [1.807, 2.05) is 0 Å². The maximum absolute atomic E-state index is 12.2. The molecule has 15 heavy (non-hydrogen) atoms. The summed E-state index contributed by atoms with van der Waals surface area (Å²) in [6, 6.07) is 3.67. The Hall–Kier alpha value is -1.65. The molecule has 1 rings (SSSR count). The fourth-order valence-corrected chi connectivity index (χ4v) is 1.18. The van der Waals surface area contributed by atoms with Gasteiger partial charge in [-0.25, -0.2) is 8.78 Å². The predicted molar refractivity (Wildman–Crippen MR) is 49.0 cm³/mol. The van der Waals surface area contributed by atoms with Crippen molar-refractivity contribution >= 4 is 5.97 Å². The fraction of sp³-hybridized carbons (Fsp3) is 0.300. The number of rotatable bonds is 4. The quantitative estimate of drug-likeness (QED) is 0.812. The van der Waals surface area contributed by atoms with Gasteiger partial charge in [0.1, 0.15) is 5.75 Å². The number of carboxylic acid groups (broad SMARTS) is 1. The van der Waals surface area contributed by atoms with Crippen LogP contribution in [0.5, 0.6) is 5.75 Å². The second kappa shape index (κ2) is 4.72. The minimum absolute atomic E-state index is 0.0898. The number of halogens is 2. The Morgan fingerprint density at radius 1 is 1.40 bits per heavy atom. The molecule has 2 N–H and O–H groups in total. The molecule has 0 aliphatic rings. The summed E-state index contributed by atoms with van der Waals surface area (Å²) in [5, 5.41) is 17.6. The minimum Gasteiger partial charge on any atom is -0.507 e. The molecule has 0 unspecified atom stereocenters. The number of hydrogen-bond acceptors (Lipinski definition) is 2. The lowest BCUT2D eigenvalue weighted by Gasteiger charge is -2.05. The molecule has 0 aliphatic carbocycles. The van der Waals surface area contributed by atoms with Crippen molar-refractivity contribution in [1.29, 1.82) is 0 Å². The smallest absolute Gasteiger partial charge is 0.303 e. The number of carboxylic acids is 1. The topological polar surface area (TPSA) is 57.5 Å². The van der Waals surface area contributed by atoms with Gasteiger partial charge in [-0.3, -0.25) is 4.79 Å². The first kappa shape index (κ1) is 11.4. The number of carbonyl (C=O) groups is 1. The minimum atomic E-state index is -2.72. The van der Waals surface area contributed by atoms with Gasteiger partial charge in [0.2, 0.25) is 0 Å². The third-order valence-corrected chi connectivity index (χ3v) is 1.96. The zero-order chi connectivity index (χ0) is 11.4. The molecule has 82 valence electrons. The van der Waals surface area contributed by atoms with Crippen molar-refractivity contribution in [3.63, 3.8) is 0 Å². The molecule has 0 bridgehead atoms. The van der Waals surface area contributed by atoms with E-state index >= 15 is 0 Å². The summed E-state index contributed by atoms with van der Waals surface area (Å²) >= 11 is 0. The number of aryl methyl sites for hydroxylation is 1. The van der Waals surface area contributed by atoms with Gasteiger partial charge in [-0.05, 0) is 24.1 Å². The van der Waals surface area contributed by atoms with E-state index in [-0.39, 0.29) is 12.8 Å². The van der Waals surface area contributed by atoms with Gasteiger partial charge in [0.25, 0.3) is 6.43 Å². The molecule has 0 fully saturated rings. The van der Waals surface area contributed by atoms with Crippen molar-refractivity contribution in [2.45, 2.75) is 19.3 Å². The number of hydrogen-bond donors (Lipinski definition) is 2. The van der Waals surface area contributed by atoms with E-state index in [4.69, 9.17) is 5.11 Å². The molecule has 0 spiro atoms. The Labute approximate surface area is 85.0 Å². The highest BCUT2D eigenvalue weighted by Gasteiger charge is 2.12. The molecular formula is C10H10F2O3. The Morgan fingerprint density at radius 3 is 2.53 bits per heavy atom. The molecule has 3 nitrogen and oxygen atoms in total. The SMILES string of the molecule is O=C(O)CCc1ccc(C(F)F)c(O)c1. The molecule has 0 aromatic heterocycles. The molecule has 0 atom stereocenters. The van der Waals surface area contributed by atoms with Crippen LogP contribution in [-0.4, -0.2) is 16.2 Å². The van der Waals surface area contributed by atoms with Gasteiger partial charge < -0.3 is 10.2 Å². The van der Waals surface area contributed by atoms with Gasteiger partial charge in [0.05, 0.1) is 5.56 Å². The average molecular weight is 216 g/mol. The molecule has 5 heteroatoms. The lowest BCUT2D eigenvalue weighted by atomic mass is 10.1. The molecule has 0 saturated heterocycles. The molecule has 0 aliphatic heterocycles. The average Bonchev–Trinajstić information content (AvgIpc) is 2.14. The van der Waals surface area contributed by atoms with Gasteiger partial charge in [-0.1, -0.05) is 6.07 Å². The van der Waals surface area contributed by atoms with Crippen LogP contribution >= 0.6 is 0 Å². The summed E-state index contributed by atoms with van der Waals surface area (Å²) < 4.78 is 24.4. The van der Waals surface area contributed by atoms with E-state index in [0.29, 0.717) is 5.56 Å². The van der Waals surface area contributed by atoms with Gasteiger partial charge in [0.15, 0.2) is 0 Å². The van der Waals surface area contributed by atoms with Gasteiger partial charge in [-0.2, -0.15) is 0 Å². The zero-order valence-corrected chi connectivity index (χ0v) is 7.78. The molecule has 0 amide bonds. The van der Waals surface area contributed by atoms with Crippen LogP contribution in [0.3, 0.4) is 0 Å². The van der Waals surface area contributed by atoms with Crippen LogP contribution in [-0.2, 0) is 11.2 Å². The summed E-state index contributed by atoms with van der Waals surface area (Å²) in [5.74, 6) is -1.46. The number of aromatic hydroxyl groups is 1. The van der Waals surface area contributed by atoms with Crippen molar-refractivity contribution < 1.29 is 23.8 Å².